The minimum atomic E-state index is -4.39. The first-order valence-corrected chi connectivity index (χ1v) is 7.23. The number of hydrazone groups is 1. The van der Waals surface area contributed by atoms with Crippen LogP contribution in [0.3, 0.4) is 0 Å². The monoisotopic (exact) mass is 317 g/mol. The molecule has 2 bridgehead atoms. The maximum atomic E-state index is 12.7. The predicted molar refractivity (Wildman–Crippen MR) is 76.7 cm³/mol. The van der Waals surface area contributed by atoms with Gasteiger partial charge in [-0.1, -0.05) is 11.6 Å². The molecule has 4 rings (SSSR count). The van der Waals surface area contributed by atoms with E-state index in [1.165, 1.54) is 6.07 Å². The summed E-state index contributed by atoms with van der Waals surface area (Å²) >= 11 is 5.93. The summed E-state index contributed by atoms with van der Waals surface area (Å²) < 4.78 is 38.1. The molecule has 3 fully saturated rings. The molecule has 1 aromatic carbocycles. The Morgan fingerprint density at radius 2 is 1.95 bits per heavy atom. The van der Waals surface area contributed by atoms with Crippen LogP contribution in [0.5, 0.6) is 0 Å². The molecule has 3 aliphatic rings. The van der Waals surface area contributed by atoms with Crippen LogP contribution >= 0.6 is 11.6 Å². The van der Waals surface area contributed by atoms with Crippen molar-refractivity contribution in [3.63, 3.8) is 0 Å². The molecule has 114 valence electrons. The van der Waals surface area contributed by atoms with E-state index in [2.05, 4.69) is 15.4 Å². The number of hydrogen-bond donors (Lipinski definition) is 1. The van der Waals surface area contributed by atoms with E-state index in [4.69, 9.17) is 11.6 Å². The number of hydrogen-bond acceptors (Lipinski definition) is 3. The van der Waals surface area contributed by atoms with E-state index in [9.17, 15) is 13.2 Å². The van der Waals surface area contributed by atoms with Gasteiger partial charge < -0.3 is 0 Å². The molecule has 21 heavy (non-hydrogen) atoms. The van der Waals surface area contributed by atoms with Gasteiger partial charge >= 0.3 is 6.18 Å². The Balaban J connectivity index is 1.79. The van der Waals surface area contributed by atoms with E-state index in [0.29, 0.717) is 5.92 Å². The van der Waals surface area contributed by atoms with Gasteiger partial charge in [-0.3, -0.25) is 10.3 Å². The maximum Gasteiger partial charge on any atom is 0.416 e. The molecule has 3 heterocycles. The van der Waals surface area contributed by atoms with Crippen LogP contribution in [-0.2, 0) is 6.18 Å². The maximum absolute atomic E-state index is 12.7. The fourth-order valence-electron chi connectivity index (χ4n) is 2.83. The largest absolute Gasteiger partial charge is 0.416 e. The number of halogens is 4. The molecule has 0 radical (unpaired) electrons. The van der Waals surface area contributed by atoms with E-state index < -0.39 is 11.7 Å². The second-order valence-corrected chi connectivity index (χ2v) is 5.86. The van der Waals surface area contributed by atoms with Crippen molar-refractivity contribution in [2.45, 2.75) is 19.0 Å². The molecule has 0 aliphatic carbocycles. The smallest absolute Gasteiger partial charge is 0.298 e. The zero-order valence-corrected chi connectivity index (χ0v) is 12.0. The van der Waals surface area contributed by atoms with Crippen LogP contribution in [0.4, 0.5) is 18.9 Å². The average Bonchev–Trinajstić information content (AvgIpc) is 2.46. The first kappa shape index (κ1) is 14.7. The molecule has 3 saturated heterocycles. The molecule has 0 spiro atoms. The van der Waals surface area contributed by atoms with Gasteiger partial charge in [-0.25, -0.2) is 0 Å². The number of benzene rings is 1. The molecule has 1 N–H and O–H groups in total. The lowest BCUT2D eigenvalue weighted by atomic mass is 9.87. The van der Waals surface area contributed by atoms with E-state index in [0.717, 1.165) is 50.3 Å². The van der Waals surface area contributed by atoms with Gasteiger partial charge in [0.15, 0.2) is 0 Å². The highest BCUT2D eigenvalue weighted by atomic mass is 35.5. The van der Waals surface area contributed by atoms with Crippen molar-refractivity contribution in [2.75, 3.05) is 25.1 Å². The van der Waals surface area contributed by atoms with Crippen LogP contribution in [0.25, 0.3) is 0 Å². The standard InChI is InChI=1S/C14H15ClF3N3/c15-11-2-1-10(14(16,17)18)7-12(11)19-20-13-8-21-5-3-9(13)4-6-21/h1-2,7,9,19H,3-6,8H2. The summed E-state index contributed by atoms with van der Waals surface area (Å²) in [4.78, 5) is 2.30. The number of rotatable bonds is 2. The lowest BCUT2D eigenvalue weighted by molar-refractivity contribution is -0.137. The van der Waals surface area contributed by atoms with Crippen molar-refractivity contribution in [1.29, 1.82) is 0 Å². The van der Waals surface area contributed by atoms with Gasteiger partial charge in [-0.2, -0.15) is 18.3 Å². The lowest BCUT2D eigenvalue weighted by Gasteiger charge is -2.39. The fourth-order valence-corrected chi connectivity index (χ4v) is 2.99. The van der Waals surface area contributed by atoms with Crippen LogP contribution in [0, 0.1) is 5.92 Å². The minimum absolute atomic E-state index is 0.190. The minimum Gasteiger partial charge on any atom is -0.298 e. The van der Waals surface area contributed by atoms with Crippen molar-refractivity contribution >= 4 is 23.0 Å². The summed E-state index contributed by atoms with van der Waals surface area (Å²) in [6, 6.07) is 3.20. The van der Waals surface area contributed by atoms with Crippen molar-refractivity contribution < 1.29 is 13.2 Å². The second-order valence-electron chi connectivity index (χ2n) is 5.46. The summed E-state index contributed by atoms with van der Waals surface area (Å²) in [5.74, 6) is 0.437. The summed E-state index contributed by atoms with van der Waals surface area (Å²) in [7, 11) is 0. The molecule has 0 amide bonds. The number of nitrogens with zero attached hydrogens (tertiary/aromatic N) is 2. The summed E-state index contributed by atoms with van der Waals surface area (Å²) in [6.45, 7) is 2.94. The second kappa shape index (κ2) is 5.50. The zero-order valence-electron chi connectivity index (χ0n) is 11.3. The molecule has 0 atom stereocenters. The number of piperidine rings is 3. The Morgan fingerprint density at radius 3 is 2.52 bits per heavy atom. The molecule has 0 unspecified atom stereocenters. The van der Waals surface area contributed by atoms with E-state index in [1.54, 1.807) is 0 Å². The van der Waals surface area contributed by atoms with Crippen molar-refractivity contribution in [3.05, 3.63) is 28.8 Å². The van der Waals surface area contributed by atoms with Crippen molar-refractivity contribution in [3.8, 4) is 0 Å². The predicted octanol–water partition coefficient (Wildman–Crippen LogP) is 3.85. The number of alkyl halides is 3. The molecule has 3 nitrogen and oxygen atoms in total. The zero-order chi connectivity index (χ0) is 15.0. The third-order valence-corrected chi connectivity index (χ3v) is 4.39. The highest BCUT2D eigenvalue weighted by Gasteiger charge is 2.32. The number of fused-ring (bicyclic) bond motifs is 3. The summed E-state index contributed by atoms with van der Waals surface area (Å²) in [5.41, 5.74) is 3.17. The first-order valence-electron chi connectivity index (χ1n) is 6.85. The van der Waals surface area contributed by atoms with Gasteiger partial charge in [0.2, 0.25) is 0 Å². The molecule has 0 aromatic heterocycles. The number of anilines is 1. The molecule has 7 heteroatoms. The molecule has 1 aromatic rings. The van der Waals surface area contributed by atoms with Crippen LogP contribution in [-0.4, -0.2) is 30.2 Å². The van der Waals surface area contributed by atoms with Crippen LogP contribution in [0.1, 0.15) is 18.4 Å². The molecular weight excluding hydrogens is 303 g/mol. The highest BCUT2D eigenvalue weighted by Crippen LogP contribution is 2.34. The highest BCUT2D eigenvalue weighted by molar-refractivity contribution is 6.33. The van der Waals surface area contributed by atoms with Gasteiger partial charge in [-0.05, 0) is 44.1 Å². The quantitative estimate of drug-likeness (QED) is 0.839. The Kier molecular flexibility index (Phi) is 3.84. The van der Waals surface area contributed by atoms with Crippen LogP contribution in [0.15, 0.2) is 23.3 Å². The third-order valence-electron chi connectivity index (χ3n) is 4.06. The lowest BCUT2D eigenvalue weighted by Crippen LogP contribution is -2.48. The van der Waals surface area contributed by atoms with Gasteiger partial charge in [0.05, 0.1) is 22.0 Å². The normalized spacial score (nSPS) is 27.1. The SMILES string of the molecule is FC(F)(F)c1ccc(Cl)c(NN=C2CN3CCC2CC3)c1. The summed E-state index contributed by atoms with van der Waals surface area (Å²) in [6.07, 6.45) is -2.25. The van der Waals surface area contributed by atoms with Gasteiger partial charge in [0, 0.05) is 12.5 Å². The molecular formula is C14H15ClF3N3. The summed E-state index contributed by atoms with van der Waals surface area (Å²) in [5, 5.41) is 4.52. The molecule has 0 saturated carbocycles. The Morgan fingerprint density at radius 1 is 1.24 bits per heavy atom. The van der Waals surface area contributed by atoms with E-state index >= 15 is 0 Å². The fraction of sp³-hybridized carbons (Fsp3) is 0.500. The molecule has 3 aliphatic heterocycles. The first-order chi connectivity index (χ1) is 9.93. The third kappa shape index (κ3) is 3.16. The Bertz CT molecular complexity index is 563. The number of nitrogens with one attached hydrogen (secondary N) is 1. The van der Waals surface area contributed by atoms with Crippen molar-refractivity contribution in [1.82, 2.24) is 4.90 Å². The van der Waals surface area contributed by atoms with Crippen LogP contribution in [0.2, 0.25) is 5.02 Å². The van der Waals surface area contributed by atoms with E-state index in [-0.39, 0.29) is 10.7 Å². The van der Waals surface area contributed by atoms with Gasteiger partial charge in [0.25, 0.3) is 0 Å². The topological polar surface area (TPSA) is 27.6 Å². The Hall–Kier alpha value is -1.27. The average molecular weight is 318 g/mol. The van der Waals surface area contributed by atoms with Gasteiger partial charge in [-0.15, -0.1) is 0 Å². The Labute approximate surface area is 125 Å². The van der Waals surface area contributed by atoms with E-state index in [1.807, 2.05) is 0 Å². The van der Waals surface area contributed by atoms with Gasteiger partial charge in [0.1, 0.15) is 0 Å². The van der Waals surface area contributed by atoms with Crippen molar-refractivity contribution in [2.24, 2.45) is 11.0 Å². The van der Waals surface area contributed by atoms with Crippen LogP contribution < -0.4 is 5.43 Å².